The Kier molecular flexibility index (Phi) is 14.2. The Morgan fingerprint density at radius 3 is 1.69 bits per heavy atom. The highest BCUT2D eigenvalue weighted by Crippen LogP contribution is 2.20. The fourth-order valence-electron chi connectivity index (χ4n) is 0.927. The SMILES string of the molecule is CCC.CCC.CSc1cc(C)ccc1C. The summed E-state index contributed by atoms with van der Waals surface area (Å²) in [5.41, 5.74) is 2.72. The molecule has 1 aromatic carbocycles. The molecule has 1 heteroatoms. The smallest absolute Gasteiger partial charge is 0.0101 e. The van der Waals surface area contributed by atoms with Crippen LogP contribution < -0.4 is 0 Å². The van der Waals surface area contributed by atoms with Crippen LogP contribution in [0, 0.1) is 13.8 Å². The molecule has 0 atom stereocenters. The van der Waals surface area contributed by atoms with Gasteiger partial charge in [-0.15, -0.1) is 11.8 Å². The number of hydrogen-bond donors (Lipinski definition) is 0. The molecule has 0 spiro atoms. The summed E-state index contributed by atoms with van der Waals surface area (Å²) in [4.78, 5) is 1.39. The summed E-state index contributed by atoms with van der Waals surface area (Å²) in [6.07, 6.45) is 4.61. The van der Waals surface area contributed by atoms with Crippen molar-refractivity contribution in [3.8, 4) is 0 Å². The standard InChI is InChI=1S/C9H12S.2C3H8/c1-7-4-5-8(2)9(6-7)10-3;2*1-3-2/h4-6H,1-3H3;2*3H2,1-2H3. The van der Waals surface area contributed by atoms with E-state index in [-0.39, 0.29) is 0 Å². The van der Waals surface area contributed by atoms with Crippen molar-refractivity contribution >= 4 is 11.8 Å². The minimum absolute atomic E-state index is 1.25. The molecule has 0 aliphatic heterocycles. The Balaban J connectivity index is 0. The average Bonchev–Trinajstić information content (AvgIpc) is 2.24. The molecule has 0 nitrogen and oxygen atoms in total. The zero-order valence-corrected chi connectivity index (χ0v) is 12.9. The van der Waals surface area contributed by atoms with E-state index in [2.05, 4.69) is 66.0 Å². The van der Waals surface area contributed by atoms with Gasteiger partial charge in [-0.2, -0.15) is 0 Å². The van der Waals surface area contributed by atoms with E-state index in [1.165, 1.54) is 28.9 Å². The molecule has 0 N–H and O–H groups in total. The third-order valence-corrected chi connectivity index (χ3v) is 2.44. The van der Waals surface area contributed by atoms with E-state index in [0.717, 1.165) is 0 Å². The molecule has 0 aromatic heterocycles. The second kappa shape index (κ2) is 12.6. The van der Waals surface area contributed by atoms with Crippen LogP contribution >= 0.6 is 11.8 Å². The van der Waals surface area contributed by atoms with Gasteiger partial charge in [-0.3, -0.25) is 0 Å². The van der Waals surface area contributed by atoms with Crippen molar-refractivity contribution in [2.75, 3.05) is 6.26 Å². The molecule has 0 heterocycles. The topological polar surface area (TPSA) is 0 Å². The first-order valence-corrected chi connectivity index (χ1v) is 7.40. The van der Waals surface area contributed by atoms with Crippen LogP contribution in [0.4, 0.5) is 0 Å². The van der Waals surface area contributed by atoms with Crippen molar-refractivity contribution < 1.29 is 0 Å². The fourth-order valence-corrected chi connectivity index (χ4v) is 1.62. The second-order valence-corrected chi connectivity index (χ2v) is 4.74. The zero-order valence-electron chi connectivity index (χ0n) is 12.1. The molecule has 16 heavy (non-hydrogen) atoms. The molecule has 0 radical (unpaired) electrons. The highest BCUT2D eigenvalue weighted by molar-refractivity contribution is 7.98. The van der Waals surface area contributed by atoms with Crippen LogP contribution in [-0.2, 0) is 0 Å². The zero-order chi connectivity index (χ0) is 13.0. The molecule has 0 amide bonds. The number of rotatable bonds is 1. The summed E-state index contributed by atoms with van der Waals surface area (Å²) in [5.74, 6) is 0. The van der Waals surface area contributed by atoms with E-state index in [9.17, 15) is 0 Å². The minimum atomic E-state index is 1.25. The van der Waals surface area contributed by atoms with Crippen molar-refractivity contribution in [3.63, 3.8) is 0 Å². The van der Waals surface area contributed by atoms with Crippen LogP contribution in [0.5, 0.6) is 0 Å². The monoisotopic (exact) mass is 240 g/mol. The number of benzene rings is 1. The molecular weight excluding hydrogens is 212 g/mol. The lowest BCUT2D eigenvalue weighted by Crippen LogP contribution is -1.79. The summed E-state index contributed by atoms with van der Waals surface area (Å²) < 4.78 is 0. The highest BCUT2D eigenvalue weighted by atomic mass is 32.2. The predicted octanol–water partition coefficient (Wildman–Crippen LogP) is 5.86. The van der Waals surface area contributed by atoms with E-state index < -0.39 is 0 Å². The van der Waals surface area contributed by atoms with Gasteiger partial charge in [0.25, 0.3) is 0 Å². The average molecular weight is 240 g/mol. The molecule has 0 bridgehead atoms. The van der Waals surface area contributed by atoms with Crippen LogP contribution in [0.25, 0.3) is 0 Å². The lowest BCUT2D eigenvalue weighted by atomic mass is 10.2. The number of aryl methyl sites for hydroxylation is 2. The molecule has 0 saturated carbocycles. The molecular formula is C15H28S. The van der Waals surface area contributed by atoms with Gasteiger partial charge in [0.15, 0.2) is 0 Å². The van der Waals surface area contributed by atoms with Crippen LogP contribution in [0.2, 0.25) is 0 Å². The van der Waals surface area contributed by atoms with Crippen LogP contribution in [0.1, 0.15) is 51.7 Å². The largest absolute Gasteiger partial charge is 0.129 e. The fraction of sp³-hybridized carbons (Fsp3) is 0.600. The highest BCUT2D eigenvalue weighted by Gasteiger charge is 1.94. The molecule has 0 unspecified atom stereocenters. The third kappa shape index (κ3) is 10.1. The van der Waals surface area contributed by atoms with Gasteiger partial charge in [-0.25, -0.2) is 0 Å². The first-order chi connectivity index (χ1) is 7.56. The maximum atomic E-state index is 2.22. The van der Waals surface area contributed by atoms with Crippen molar-refractivity contribution in [2.24, 2.45) is 0 Å². The van der Waals surface area contributed by atoms with E-state index in [0.29, 0.717) is 0 Å². The summed E-state index contributed by atoms with van der Waals surface area (Å²) >= 11 is 1.81. The second-order valence-electron chi connectivity index (χ2n) is 3.89. The lowest BCUT2D eigenvalue weighted by Gasteiger charge is -2.01. The van der Waals surface area contributed by atoms with Gasteiger partial charge in [0, 0.05) is 4.90 Å². The van der Waals surface area contributed by atoms with Gasteiger partial charge in [-0.05, 0) is 31.7 Å². The number of thioether (sulfide) groups is 1. The van der Waals surface area contributed by atoms with Crippen molar-refractivity contribution in [3.05, 3.63) is 29.3 Å². The van der Waals surface area contributed by atoms with Crippen molar-refractivity contribution in [1.82, 2.24) is 0 Å². The lowest BCUT2D eigenvalue weighted by molar-refractivity contribution is 1.09. The van der Waals surface area contributed by atoms with Gasteiger partial charge < -0.3 is 0 Å². The number of hydrogen-bond acceptors (Lipinski definition) is 1. The summed E-state index contributed by atoms with van der Waals surface area (Å²) in [7, 11) is 0. The molecule has 0 aliphatic rings. The van der Waals surface area contributed by atoms with Crippen molar-refractivity contribution in [2.45, 2.75) is 59.3 Å². The summed E-state index contributed by atoms with van der Waals surface area (Å²) in [6.45, 7) is 12.8. The van der Waals surface area contributed by atoms with Gasteiger partial charge in [0.2, 0.25) is 0 Å². The van der Waals surface area contributed by atoms with Crippen LogP contribution in [0.3, 0.4) is 0 Å². The molecule has 1 aromatic rings. The Hall–Kier alpha value is -0.430. The van der Waals surface area contributed by atoms with Crippen LogP contribution in [0.15, 0.2) is 23.1 Å². The van der Waals surface area contributed by atoms with Gasteiger partial charge in [-0.1, -0.05) is 58.2 Å². The van der Waals surface area contributed by atoms with E-state index in [1.807, 2.05) is 11.8 Å². The molecule has 0 saturated heterocycles. The molecule has 94 valence electrons. The Labute approximate surface area is 107 Å². The van der Waals surface area contributed by atoms with Crippen LogP contribution in [-0.4, -0.2) is 6.26 Å². The summed E-state index contributed by atoms with van der Waals surface area (Å²) in [6, 6.07) is 6.54. The molecule has 1 rings (SSSR count). The molecule has 0 fully saturated rings. The Morgan fingerprint density at radius 2 is 1.38 bits per heavy atom. The third-order valence-electron chi connectivity index (χ3n) is 1.56. The maximum Gasteiger partial charge on any atom is 0.0101 e. The normalized spacial score (nSPS) is 8.44. The first-order valence-electron chi connectivity index (χ1n) is 6.18. The van der Waals surface area contributed by atoms with Gasteiger partial charge in [0.1, 0.15) is 0 Å². The maximum absolute atomic E-state index is 2.22. The Bertz CT molecular complexity index is 252. The van der Waals surface area contributed by atoms with Gasteiger partial charge in [0.05, 0.1) is 0 Å². The first kappa shape index (κ1) is 17.9. The van der Waals surface area contributed by atoms with Gasteiger partial charge >= 0.3 is 0 Å². The van der Waals surface area contributed by atoms with E-state index in [4.69, 9.17) is 0 Å². The van der Waals surface area contributed by atoms with E-state index in [1.54, 1.807) is 0 Å². The Morgan fingerprint density at radius 1 is 0.938 bits per heavy atom. The molecule has 0 aliphatic carbocycles. The minimum Gasteiger partial charge on any atom is -0.129 e. The predicted molar refractivity (Wildman–Crippen MR) is 79.6 cm³/mol. The van der Waals surface area contributed by atoms with Crippen molar-refractivity contribution in [1.29, 1.82) is 0 Å². The van der Waals surface area contributed by atoms with E-state index >= 15 is 0 Å². The quantitative estimate of drug-likeness (QED) is 0.554. The summed E-state index contributed by atoms with van der Waals surface area (Å²) in [5, 5.41) is 0.